The van der Waals surface area contributed by atoms with E-state index in [2.05, 4.69) is 27.1 Å². The van der Waals surface area contributed by atoms with Gasteiger partial charge < -0.3 is 10.2 Å². The van der Waals surface area contributed by atoms with Gasteiger partial charge in [0.25, 0.3) is 15.9 Å². The lowest BCUT2D eigenvalue weighted by Gasteiger charge is -2.16. The van der Waals surface area contributed by atoms with Gasteiger partial charge in [0.2, 0.25) is 0 Å². The number of amides is 1. The number of rotatable bonds is 10. The van der Waals surface area contributed by atoms with E-state index in [4.69, 9.17) is 0 Å². The molecule has 0 heterocycles. The zero-order valence-electron chi connectivity index (χ0n) is 17.8. The monoisotopic (exact) mass is 455 g/mol. The van der Waals surface area contributed by atoms with Crippen LogP contribution in [-0.4, -0.2) is 39.4 Å². The van der Waals surface area contributed by atoms with Crippen LogP contribution >= 0.6 is 0 Å². The smallest absolute Gasteiger partial charge is 0.261 e. The molecular formula is C24H26FN3O3S. The quantitative estimate of drug-likeness (QED) is 0.455. The molecule has 3 rings (SSSR count). The Kier molecular flexibility index (Phi) is 7.97. The number of anilines is 1. The van der Waals surface area contributed by atoms with E-state index in [0.717, 1.165) is 31.6 Å². The van der Waals surface area contributed by atoms with Gasteiger partial charge >= 0.3 is 0 Å². The van der Waals surface area contributed by atoms with Crippen molar-refractivity contribution in [2.24, 2.45) is 0 Å². The molecule has 8 heteroatoms. The second-order valence-corrected chi connectivity index (χ2v) is 9.15. The number of sulfonamides is 1. The minimum Gasteiger partial charge on any atom is -0.352 e. The lowest BCUT2D eigenvalue weighted by atomic mass is 10.2. The molecule has 0 aliphatic rings. The van der Waals surface area contributed by atoms with E-state index in [0.29, 0.717) is 17.8 Å². The van der Waals surface area contributed by atoms with Crippen molar-refractivity contribution in [3.05, 3.63) is 95.8 Å². The first-order chi connectivity index (χ1) is 15.3. The van der Waals surface area contributed by atoms with Crippen molar-refractivity contribution in [2.45, 2.75) is 17.9 Å². The SMILES string of the molecule is CN(CCCNC(=O)c1ccc(NS(=O)(=O)c2ccc(F)cc2)cc1)Cc1ccccc1. The standard InChI is InChI=1S/C24H26FN3O3S/c1-28(18-19-6-3-2-4-7-19)17-5-16-26-24(29)20-8-12-22(13-9-20)27-32(30,31)23-14-10-21(25)11-15-23/h2-4,6-15,27H,5,16-18H2,1H3,(H,26,29). The maximum Gasteiger partial charge on any atom is 0.261 e. The Morgan fingerprint density at radius 3 is 2.25 bits per heavy atom. The average molecular weight is 456 g/mol. The Morgan fingerprint density at radius 1 is 0.938 bits per heavy atom. The predicted molar refractivity (Wildman–Crippen MR) is 123 cm³/mol. The van der Waals surface area contributed by atoms with Crippen molar-refractivity contribution >= 4 is 21.6 Å². The highest BCUT2D eigenvalue weighted by molar-refractivity contribution is 7.92. The van der Waals surface area contributed by atoms with Crippen LogP contribution in [0.5, 0.6) is 0 Å². The van der Waals surface area contributed by atoms with Crippen LogP contribution in [0.25, 0.3) is 0 Å². The Labute approximate surface area is 188 Å². The molecule has 0 aliphatic heterocycles. The molecule has 0 spiro atoms. The Bertz CT molecular complexity index is 1120. The number of carbonyl (C=O) groups is 1. The zero-order chi connectivity index (χ0) is 23.0. The van der Waals surface area contributed by atoms with E-state index in [-0.39, 0.29) is 10.8 Å². The lowest BCUT2D eigenvalue weighted by molar-refractivity contribution is 0.0952. The molecule has 3 aromatic rings. The molecule has 0 aromatic heterocycles. The van der Waals surface area contributed by atoms with Gasteiger partial charge in [0.15, 0.2) is 0 Å². The molecule has 0 aliphatic carbocycles. The summed E-state index contributed by atoms with van der Waals surface area (Å²) in [5.74, 6) is -0.731. The van der Waals surface area contributed by atoms with Crippen molar-refractivity contribution in [1.82, 2.24) is 10.2 Å². The van der Waals surface area contributed by atoms with Gasteiger partial charge in [0.05, 0.1) is 4.90 Å². The van der Waals surface area contributed by atoms with Crippen LogP contribution in [-0.2, 0) is 16.6 Å². The summed E-state index contributed by atoms with van der Waals surface area (Å²) in [6.45, 7) is 2.24. The lowest BCUT2D eigenvalue weighted by Crippen LogP contribution is -2.28. The summed E-state index contributed by atoms with van der Waals surface area (Å²) >= 11 is 0. The second-order valence-electron chi connectivity index (χ2n) is 7.47. The summed E-state index contributed by atoms with van der Waals surface area (Å²) in [6, 6.07) is 20.9. The van der Waals surface area contributed by atoms with E-state index in [9.17, 15) is 17.6 Å². The molecule has 0 radical (unpaired) electrons. The van der Waals surface area contributed by atoms with Crippen molar-refractivity contribution < 1.29 is 17.6 Å². The molecule has 0 atom stereocenters. The average Bonchev–Trinajstić information content (AvgIpc) is 2.78. The van der Waals surface area contributed by atoms with Gasteiger partial charge in [-0.1, -0.05) is 30.3 Å². The summed E-state index contributed by atoms with van der Waals surface area (Å²) in [5.41, 5.74) is 2.00. The summed E-state index contributed by atoms with van der Waals surface area (Å²) in [7, 11) is -1.79. The fraction of sp³-hybridized carbons (Fsp3) is 0.208. The normalized spacial score (nSPS) is 11.3. The molecule has 3 aromatic carbocycles. The summed E-state index contributed by atoms with van der Waals surface area (Å²) in [6.07, 6.45) is 0.810. The van der Waals surface area contributed by atoms with Crippen molar-refractivity contribution in [2.75, 3.05) is 24.9 Å². The van der Waals surface area contributed by atoms with Crippen LogP contribution in [0.1, 0.15) is 22.3 Å². The number of benzene rings is 3. The first kappa shape index (κ1) is 23.4. The van der Waals surface area contributed by atoms with Crippen LogP contribution < -0.4 is 10.0 Å². The van der Waals surface area contributed by atoms with Gasteiger partial charge in [-0.3, -0.25) is 9.52 Å². The number of hydrogen-bond acceptors (Lipinski definition) is 4. The molecule has 2 N–H and O–H groups in total. The molecule has 0 fully saturated rings. The number of nitrogens with one attached hydrogen (secondary N) is 2. The Balaban J connectivity index is 1.45. The van der Waals surface area contributed by atoms with Crippen LogP contribution in [0.15, 0.2) is 83.8 Å². The van der Waals surface area contributed by atoms with Crippen LogP contribution in [0.3, 0.4) is 0 Å². The second kappa shape index (κ2) is 10.9. The summed E-state index contributed by atoms with van der Waals surface area (Å²) in [5, 5.41) is 2.88. The zero-order valence-corrected chi connectivity index (χ0v) is 18.6. The molecule has 0 unspecified atom stereocenters. The van der Waals surface area contributed by atoms with Crippen LogP contribution in [0.4, 0.5) is 10.1 Å². The van der Waals surface area contributed by atoms with Gasteiger partial charge in [-0.05, 0) is 74.1 Å². The molecule has 0 saturated heterocycles. The maximum atomic E-state index is 13.0. The number of carbonyl (C=O) groups excluding carboxylic acids is 1. The third kappa shape index (κ3) is 6.90. The first-order valence-electron chi connectivity index (χ1n) is 10.2. The fourth-order valence-corrected chi connectivity index (χ4v) is 4.20. The highest BCUT2D eigenvalue weighted by atomic mass is 32.2. The molecule has 1 amide bonds. The number of halogens is 1. The van der Waals surface area contributed by atoms with Gasteiger partial charge in [-0.25, -0.2) is 12.8 Å². The van der Waals surface area contributed by atoms with Gasteiger partial charge in [0, 0.05) is 24.3 Å². The Morgan fingerprint density at radius 2 is 1.59 bits per heavy atom. The molecule has 32 heavy (non-hydrogen) atoms. The van der Waals surface area contributed by atoms with E-state index >= 15 is 0 Å². The van der Waals surface area contributed by atoms with Crippen molar-refractivity contribution in [3.63, 3.8) is 0 Å². The largest absolute Gasteiger partial charge is 0.352 e. The number of nitrogens with zero attached hydrogens (tertiary/aromatic N) is 1. The van der Waals surface area contributed by atoms with Gasteiger partial charge in [-0.2, -0.15) is 0 Å². The Hall–Kier alpha value is -3.23. The minimum absolute atomic E-state index is 0.0436. The van der Waals surface area contributed by atoms with Crippen molar-refractivity contribution in [3.8, 4) is 0 Å². The summed E-state index contributed by atoms with van der Waals surface area (Å²) < 4.78 is 40.1. The minimum atomic E-state index is -3.83. The predicted octanol–water partition coefficient (Wildman–Crippen LogP) is 3.88. The number of hydrogen-bond donors (Lipinski definition) is 2. The molecule has 6 nitrogen and oxygen atoms in total. The van der Waals surface area contributed by atoms with Crippen LogP contribution in [0.2, 0.25) is 0 Å². The maximum absolute atomic E-state index is 13.0. The van der Waals surface area contributed by atoms with Crippen LogP contribution in [0, 0.1) is 5.82 Å². The van der Waals surface area contributed by atoms with E-state index < -0.39 is 15.8 Å². The summed E-state index contributed by atoms with van der Waals surface area (Å²) in [4.78, 5) is 14.5. The molecule has 168 valence electrons. The van der Waals surface area contributed by atoms with E-state index in [1.165, 1.54) is 29.8 Å². The topological polar surface area (TPSA) is 78.5 Å². The van der Waals surface area contributed by atoms with Gasteiger partial charge in [-0.15, -0.1) is 0 Å². The fourth-order valence-electron chi connectivity index (χ4n) is 3.14. The van der Waals surface area contributed by atoms with E-state index in [1.807, 2.05) is 25.2 Å². The first-order valence-corrected chi connectivity index (χ1v) is 11.7. The van der Waals surface area contributed by atoms with Gasteiger partial charge in [0.1, 0.15) is 5.82 Å². The third-order valence-corrected chi connectivity index (χ3v) is 6.22. The molecular weight excluding hydrogens is 429 g/mol. The van der Waals surface area contributed by atoms with E-state index in [1.54, 1.807) is 12.1 Å². The third-order valence-electron chi connectivity index (χ3n) is 4.82. The highest BCUT2D eigenvalue weighted by Crippen LogP contribution is 2.17. The van der Waals surface area contributed by atoms with Crippen molar-refractivity contribution in [1.29, 1.82) is 0 Å². The molecule has 0 saturated carbocycles. The molecule has 0 bridgehead atoms. The highest BCUT2D eigenvalue weighted by Gasteiger charge is 2.14.